The zero-order valence-corrected chi connectivity index (χ0v) is 8.68. The van der Waals surface area contributed by atoms with E-state index < -0.39 is 5.97 Å². The molecule has 0 radical (unpaired) electrons. The van der Waals surface area contributed by atoms with E-state index in [9.17, 15) is 4.79 Å². The number of carboxylic acids is 1. The highest BCUT2D eigenvalue weighted by molar-refractivity contribution is 5.95. The maximum absolute atomic E-state index is 11.0. The van der Waals surface area contributed by atoms with E-state index in [4.69, 9.17) is 9.63 Å². The van der Waals surface area contributed by atoms with Crippen molar-refractivity contribution in [3.63, 3.8) is 0 Å². The topological polar surface area (TPSA) is 79.1 Å². The minimum absolute atomic E-state index is 0.0524. The molecule has 0 spiro atoms. The van der Waals surface area contributed by atoms with Crippen molar-refractivity contribution in [3.8, 4) is 11.5 Å². The summed E-state index contributed by atoms with van der Waals surface area (Å²) in [6.07, 6.45) is 1.20. The molecule has 0 aliphatic rings. The van der Waals surface area contributed by atoms with Gasteiger partial charge in [0.2, 0.25) is 0 Å². The van der Waals surface area contributed by atoms with Gasteiger partial charge in [-0.2, -0.15) is 0 Å². The Balaban J connectivity index is 2.20. The molecule has 0 atom stereocenters. The minimum Gasteiger partial charge on any atom is -0.477 e. The third-order valence-corrected chi connectivity index (χ3v) is 2.58. The molecular weight excluding hydrogens is 220 g/mol. The first kappa shape index (κ1) is 9.65. The highest BCUT2D eigenvalue weighted by atomic mass is 16.5. The Kier molecular flexibility index (Phi) is 1.98. The third-order valence-electron chi connectivity index (χ3n) is 2.58. The van der Waals surface area contributed by atoms with E-state index >= 15 is 0 Å². The van der Waals surface area contributed by atoms with Gasteiger partial charge in [0.05, 0.1) is 11.9 Å². The maximum atomic E-state index is 11.0. The number of rotatable bonds is 2. The van der Waals surface area contributed by atoms with Crippen molar-refractivity contribution in [2.24, 2.45) is 0 Å². The molecule has 0 aliphatic heterocycles. The Morgan fingerprint density at radius 2 is 2.18 bits per heavy atom. The highest BCUT2D eigenvalue weighted by Gasteiger charge is 2.18. The van der Waals surface area contributed by atoms with E-state index in [1.807, 2.05) is 30.3 Å². The van der Waals surface area contributed by atoms with Crippen molar-refractivity contribution in [1.82, 2.24) is 10.1 Å². The number of benzene rings is 1. The van der Waals surface area contributed by atoms with E-state index in [1.54, 1.807) is 0 Å². The second kappa shape index (κ2) is 3.48. The standard InChI is InChI=1S/C12H8N2O3/c15-12(16)8-6-13-17-11(8)10-5-7-3-1-2-4-9(7)14-10/h1-6,14H,(H,15,16). The van der Waals surface area contributed by atoms with Crippen LogP contribution in [0.1, 0.15) is 10.4 Å². The van der Waals surface area contributed by atoms with E-state index in [0.717, 1.165) is 10.9 Å². The number of aromatic nitrogens is 2. The van der Waals surface area contributed by atoms with Crippen molar-refractivity contribution >= 4 is 16.9 Å². The van der Waals surface area contributed by atoms with Crippen molar-refractivity contribution in [2.75, 3.05) is 0 Å². The molecule has 0 amide bonds. The lowest BCUT2D eigenvalue weighted by atomic mass is 10.2. The van der Waals surface area contributed by atoms with Crippen LogP contribution in [0.4, 0.5) is 0 Å². The second-order valence-corrected chi connectivity index (χ2v) is 3.64. The summed E-state index contributed by atoms with van der Waals surface area (Å²) in [4.78, 5) is 14.1. The van der Waals surface area contributed by atoms with Crippen LogP contribution in [0.3, 0.4) is 0 Å². The van der Waals surface area contributed by atoms with Crippen LogP contribution in [0.2, 0.25) is 0 Å². The number of hydrogen-bond acceptors (Lipinski definition) is 3. The smallest absolute Gasteiger partial charge is 0.341 e. The molecule has 2 aromatic heterocycles. The van der Waals surface area contributed by atoms with E-state index in [-0.39, 0.29) is 11.3 Å². The van der Waals surface area contributed by atoms with Crippen LogP contribution in [0.5, 0.6) is 0 Å². The fourth-order valence-electron chi connectivity index (χ4n) is 1.78. The Morgan fingerprint density at radius 3 is 2.94 bits per heavy atom. The summed E-state index contributed by atoms with van der Waals surface area (Å²) < 4.78 is 4.98. The quantitative estimate of drug-likeness (QED) is 0.706. The molecule has 0 bridgehead atoms. The highest BCUT2D eigenvalue weighted by Crippen LogP contribution is 2.26. The third kappa shape index (κ3) is 1.48. The average molecular weight is 228 g/mol. The van der Waals surface area contributed by atoms with Crippen molar-refractivity contribution in [3.05, 3.63) is 42.1 Å². The van der Waals surface area contributed by atoms with Gasteiger partial charge in [-0.1, -0.05) is 23.4 Å². The van der Waals surface area contributed by atoms with Gasteiger partial charge in [-0.3, -0.25) is 0 Å². The van der Waals surface area contributed by atoms with Gasteiger partial charge < -0.3 is 14.6 Å². The number of hydrogen-bond donors (Lipinski definition) is 2. The summed E-state index contributed by atoms with van der Waals surface area (Å²) in [5.41, 5.74) is 1.59. The van der Waals surface area contributed by atoms with Gasteiger partial charge in [0.25, 0.3) is 0 Å². The molecule has 2 N–H and O–H groups in total. The van der Waals surface area contributed by atoms with Gasteiger partial charge in [-0.15, -0.1) is 0 Å². The van der Waals surface area contributed by atoms with Crippen LogP contribution >= 0.6 is 0 Å². The van der Waals surface area contributed by atoms with Crippen molar-refractivity contribution in [2.45, 2.75) is 0 Å². The normalized spacial score (nSPS) is 10.8. The van der Waals surface area contributed by atoms with Crippen molar-refractivity contribution in [1.29, 1.82) is 0 Å². The fraction of sp³-hybridized carbons (Fsp3) is 0. The van der Waals surface area contributed by atoms with Gasteiger partial charge in [-0.05, 0) is 12.1 Å². The molecule has 0 saturated carbocycles. The van der Waals surface area contributed by atoms with Gasteiger partial charge in [0, 0.05) is 10.9 Å². The SMILES string of the molecule is O=C(O)c1cnoc1-c1cc2ccccc2[nH]1. The molecule has 17 heavy (non-hydrogen) atoms. The zero-order valence-electron chi connectivity index (χ0n) is 8.68. The van der Waals surface area contributed by atoms with E-state index in [1.165, 1.54) is 6.20 Å². The average Bonchev–Trinajstić information content (AvgIpc) is 2.95. The van der Waals surface area contributed by atoms with Gasteiger partial charge in [-0.25, -0.2) is 4.79 Å². The molecule has 0 aliphatic carbocycles. The van der Waals surface area contributed by atoms with Gasteiger partial charge >= 0.3 is 5.97 Å². The summed E-state index contributed by atoms with van der Waals surface area (Å²) in [6.45, 7) is 0. The molecule has 1 aromatic carbocycles. The molecule has 0 saturated heterocycles. The first-order valence-electron chi connectivity index (χ1n) is 5.02. The molecule has 2 heterocycles. The number of nitrogens with one attached hydrogen (secondary N) is 1. The van der Waals surface area contributed by atoms with Crippen molar-refractivity contribution < 1.29 is 14.4 Å². The van der Waals surface area contributed by atoms with E-state index in [2.05, 4.69) is 10.1 Å². The van der Waals surface area contributed by atoms with Crippen LogP contribution in [0.15, 0.2) is 41.1 Å². The summed E-state index contributed by atoms with van der Waals surface area (Å²) in [7, 11) is 0. The zero-order chi connectivity index (χ0) is 11.8. The number of aromatic amines is 1. The van der Waals surface area contributed by atoms with Crippen LogP contribution < -0.4 is 0 Å². The number of H-pyrrole nitrogens is 1. The van der Waals surface area contributed by atoms with E-state index in [0.29, 0.717) is 5.69 Å². The Labute approximate surface area is 95.7 Å². The molecule has 3 rings (SSSR count). The first-order valence-corrected chi connectivity index (χ1v) is 5.02. The summed E-state index contributed by atoms with van der Waals surface area (Å²) in [5.74, 6) is -0.811. The number of carbonyl (C=O) groups is 1. The minimum atomic E-state index is -1.06. The molecule has 0 fully saturated rings. The molecule has 0 unspecified atom stereocenters. The van der Waals surface area contributed by atoms with Gasteiger partial charge in [0.15, 0.2) is 5.76 Å². The summed E-state index contributed by atoms with van der Waals surface area (Å²) in [5, 5.41) is 13.5. The number of nitrogens with zero attached hydrogens (tertiary/aromatic N) is 1. The lowest BCUT2D eigenvalue weighted by molar-refractivity contribution is 0.0697. The second-order valence-electron chi connectivity index (χ2n) is 3.64. The predicted molar refractivity (Wildman–Crippen MR) is 60.8 cm³/mol. The predicted octanol–water partition coefficient (Wildman–Crippen LogP) is 2.52. The first-order chi connectivity index (χ1) is 8.25. The molecule has 84 valence electrons. The molecule has 5 nitrogen and oxygen atoms in total. The Hall–Kier alpha value is -2.56. The number of para-hydroxylation sites is 1. The fourth-order valence-corrected chi connectivity index (χ4v) is 1.78. The van der Waals surface area contributed by atoms with Crippen LogP contribution in [-0.2, 0) is 0 Å². The molecule has 3 aromatic rings. The maximum Gasteiger partial charge on any atom is 0.341 e. The Bertz CT molecular complexity index is 663. The molecular formula is C12H8N2O3. The number of aromatic carboxylic acids is 1. The largest absolute Gasteiger partial charge is 0.477 e. The van der Waals surface area contributed by atoms with Crippen LogP contribution in [0.25, 0.3) is 22.4 Å². The monoisotopic (exact) mass is 228 g/mol. The summed E-state index contributed by atoms with van der Waals surface area (Å²) >= 11 is 0. The van der Waals surface area contributed by atoms with Crippen LogP contribution in [0, 0.1) is 0 Å². The lowest BCUT2D eigenvalue weighted by Gasteiger charge is -1.92. The number of fused-ring (bicyclic) bond motifs is 1. The van der Waals surface area contributed by atoms with Crippen LogP contribution in [-0.4, -0.2) is 21.2 Å². The summed E-state index contributed by atoms with van der Waals surface area (Å²) in [6, 6.07) is 9.50. The Morgan fingerprint density at radius 1 is 1.35 bits per heavy atom. The molecule has 5 heteroatoms. The van der Waals surface area contributed by atoms with Gasteiger partial charge in [0.1, 0.15) is 5.56 Å². The number of carboxylic acid groups (broad SMARTS) is 1. The lowest BCUT2D eigenvalue weighted by Crippen LogP contribution is -1.95.